The normalized spacial score (nSPS) is 11.5. The lowest BCUT2D eigenvalue weighted by molar-refractivity contribution is -0.123. The lowest BCUT2D eigenvalue weighted by atomic mass is 10.1. The summed E-state index contributed by atoms with van der Waals surface area (Å²) in [4.78, 5) is 12.1. The SMILES string of the molecule is COc1ccc(OC)c(C(C)NC(=O)COc2ccc(Cl)cc2)c1. The maximum Gasteiger partial charge on any atom is 0.258 e. The molecular weight excluding hydrogens is 330 g/mol. The fourth-order valence-electron chi connectivity index (χ4n) is 2.22. The number of hydrogen-bond donors (Lipinski definition) is 1. The summed E-state index contributed by atoms with van der Waals surface area (Å²) in [7, 11) is 3.18. The molecule has 2 rings (SSSR count). The van der Waals surface area contributed by atoms with Crippen LogP contribution in [-0.2, 0) is 4.79 Å². The van der Waals surface area contributed by atoms with Crippen LogP contribution in [0.4, 0.5) is 0 Å². The molecule has 0 aliphatic carbocycles. The summed E-state index contributed by atoms with van der Waals surface area (Å²) in [6.07, 6.45) is 0. The second kappa shape index (κ2) is 8.45. The van der Waals surface area contributed by atoms with Crippen LogP contribution in [0.3, 0.4) is 0 Å². The van der Waals surface area contributed by atoms with Gasteiger partial charge in [0.05, 0.1) is 20.3 Å². The monoisotopic (exact) mass is 349 g/mol. The zero-order chi connectivity index (χ0) is 17.5. The molecule has 2 aromatic carbocycles. The van der Waals surface area contributed by atoms with Crippen molar-refractivity contribution in [2.45, 2.75) is 13.0 Å². The van der Waals surface area contributed by atoms with E-state index in [1.807, 2.05) is 13.0 Å². The van der Waals surface area contributed by atoms with Crippen LogP contribution in [0.25, 0.3) is 0 Å². The van der Waals surface area contributed by atoms with E-state index in [4.69, 9.17) is 25.8 Å². The van der Waals surface area contributed by atoms with E-state index in [1.54, 1.807) is 50.6 Å². The average molecular weight is 350 g/mol. The summed E-state index contributed by atoms with van der Waals surface area (Å²) in [5.74, 6) is 1.73. The second-order valence-electron chi connectivity index (χ2n) is 5.14. The predicted octanol–water partition coefficient (Wildman–Crippen LogP) is 3.61. The molecule has 0 saturated carbocycles. The van der Waals surface area contributed by atoms with Gasteiger partial charge in [0.15, 0.2) is 6.61 Å². The van der Waals surface area contributed by atoms with Gasteiger partial charge in [-0.3, -0.25) is 4.79 Å². The smallest absolute Gasteiger partial charge is 0.258 e. The van der Waals surface area contributed by atoms with Gasteiger partial charge in [0.25, 0.3) is 5.91 Å². The van der Waals surface area contributed by atoms with Gasteiger partial charge in [-0.25, -0.2) is 0 Å². The van der Waals surface area contributed by atoms with E-state index in [-0.39, 0.29) is 18.6 Å². The van der Waals surface area contributed by atoms with E-state index in [0.717, 1.165) is 5.56 Å². The standard InChI is InChI=1S/C18H20ClNO4/c1-12(16-10-15(22-2)8-9-17(16)23-3)20-18(21)11-24-14-6-4-13(19)5-7-14/h4-10,12H,11H2,1-3H3,(H,20,21). The van der Waals surface area contributed by atoms with Crippen molar-refractivity contribution in [3.8, 4) is 17.2 Å². The van der Waals surface area contributed by atoms with E-state index in [1.165, 1.54) is 0 Å². The van der Waals surface area contributed by atoms with E-state index < -0.39 is 0 Å². The lowest BCUT2D eigenvalue weighted by Gasteiger charge is -2.18. The molecule has 24 heavy (non-hydrogen) atoms. The first-order valence-electron chi connectivity index (χ1n) is 7.43. The predicted molar refractivity (Wildman–Crippen MR) is 93.1 cm³/mol. The molecule has 0 bridgehead atoms. The van der Waals surface area contributed by atoms with Crippen LogP contribution >= 0.6 is 11.6 Å². The van der Waals surface area contributed by atoms with Crippen molar-refractivity contribution in [2.75, 3.05) is 20.8 Å². The molecule has 5 nitrogen and oxygen atoms in total. The van der Waals surface area contributed by atoms with Crippen molar-refractivity contribution in [1.82, 2.24) is 5.32 Å². The van der Waals surface area contributed by atoms with Gasteiger partial charge in [-0.1, -0.05) is 11.6 Å². The molecule has 0 saturated heterocycles. The zero-order valence-corrected chi connectivity index (χ0v) is 14.6. The third kappa shape index (κ3) is 4.80. The highest BCUT2D eigenvalue weighted by molar-refractivity contribution is 6.30. The Bertz CT molecular complexity index is 688. The Kier molecular flexibility index (Phi) is 6.32. The topological polar surface area (TPSA) is 56.8 Å². The summed E-state index contributed by atoms with van der Waals surface area (Å²) in [6, 6.07) is 12.0. The molecule has 0 fully saturated rings. The number of ether oxygens (including phenoxy) is 3. The highest BCUT2D eigenvalue weighted by Crippen LogP contribution is 2.29. The molecule has 6 heteroatoms. The van der Waals surface area contributed by atoms with Crippen molar-refractivity contribution in [3.63, 3.8) is 0 Å². The molecule has 1 amide bonds. The van der Waals surface area contributed by atoms with Crippen molar-refractivity contribution >= 4 is 17.5 Å². The van der Waals surface area contributed by atoms with Crippen LogP contribution < -0.4 is 19.5 Å². The van der Waals surface area contributed by atoms with Crippen LogP contribution in [0.5, 0.6) is 17.2 Å². The summed E-state index contributed by atoms with van der Waals surface area (Å²) >= 11 is 5.81. The van der Waals surface area contributed by atoms with Crippen LogP contribution in [0, 0.1) is 0 Å². The van der Waals surface area contributed by atoms with Gasteiger partial charge < -0.3 is 19.5 Å². The van der Waals surface area contributed by atoms with Crippen LogP contribution in [-0.4, -0.2) is 26.7 Å². The number of carbonyl (C=O) groups excluding carboxylic acids is 1. The van der Waals surface area contributed by atoms with E-state index in [2.05, 4.69) is 5.32 Å². The van der Waals surface area contributed by atoms with E-state index in [0.29, 0.717) is 22.3 Å². The number of methoxy groups -OCH3 is 2. The van der Waals surface area contributed by atoms with Crippen LogP contribution in [0.2, 0.25) is 5.02 Å². The second-order valence-corrected chi connectivity index (χ2v) is 5.58. The molecule has 2 aromatic rings. The Morgan fingerprint density at radius 3 is 2.38 bits per heavy atom. The first-order valence-corrected chi connectivity index (χ1v) is 7.81. The summed E-state index contributed by atoms with van der Waals surface area (Å²) in [5, 5.41) is 3.49. The molecule has 1 atom stereocenters. The van der Waals surface area contributed by atoms with Crippen LogP contribution in [0.1, 0.15) is 18.5 Å². The molecule has 0 spiro atoms. The fraction of sp³-hybridized carbons (Fsp3) is 0.278. The molecule has 0 radical (unpaired) electrons. The van der Waals surface area contributed by atoms with Gasteiger partial charge in [-0.2, -0.15) is 0 Å². The number of halogens is 1. The summed E-state index contributed by atoms with van der Waals surface area (Å²) in [5.41, 5.74) is 0.830. The van der Waals surface area contributed by atoms with Gasteiger partial charge in [-0.15, -0.1) is 0 Å². The quantitative estimate of drug-likeness (QED) is 0.829. The molecular formula is C18H20ClNO4. The number of benzene rings is 2. The Balaban J connectivity index is 1.97. The van der Waals surface area contributed by atoms with E-state index >= 15 is 0 Å². The summed E-state index contributed by atoms with van der Waals surface area (Å²) in [6.45, 7) is 1.79. The van der Waals surface area contributed by atoms with Crippen molar-refractivity contribution in [2.24, 2.45) is 0 Å². The number of nitrogens with one attached hydrogen (secondary N) is 1. The Labute approximate surface area is 146 Å². The van der Waals surface area contributed by atoms with Gasteiger partial charge >= 0.3 is 0 Å². The van der Waals surface area contributed by atoms with Crippen LogP contribution in [0.15, 0.2) is 42.5 Å². The minimum absolute atomic E-state index is 0.0851. The Morgan fingerprint density at radius 1 is 1.08 bits per heavy atom. The van der Waals surface area contributed by atoms with Gasteiger partial charge in [0.1, 0.15) is 17.2 Å². The third-order valence-corrected chi connectivity index (χ3v) is 3.72. The minimum Gasteiger partial charge on any atom is -0.497 e. The first kappa shape index (κ1) is 17.9. The summed E-state index contributed by atoms with van der Waals surface area (Å²) < 4.78 is 16.0. The zero-order valence-electron chi connectivity index (χ0n) is 13.8. The van der Waals surface area contributed by atoms with Gasteiger partial charge in [0, 0.05) is 10.6 Å². The maximum atomic E-state index is 12.1. The molecule has 0 aromatic heterocycles. The molecule has 0 aliphatic heterocycles. The number of carbonyl (C=O) groups is 1. The molecule has 128 valence electrons. The fourth-order valence-corrected chi connectivity index (χ4v) is 2.34. The molecule has 1 unspecified atom stereocenters. The molecule has 0 heterocycles. The molecule has 1 N–H and O–H groups in total. The van der Waals surface area contributed by atoms with Crippen molar-refractivity contribution in [1.29, 1.82) is 0 Å². The van der Waals surface area contributed by atoms with Gasteiger partial charge in [-0.05, 0) is 49.4 Å². The largest absolute Gasteiger partial charge is 0.497 e. The first-order chi connectivity index (χ1) is 11.5. The van der Waals surface area contributed by atoms with Gasteiger partial charge in [0.2, 0.25) is 0 Å². The third-order valence-electron chi connectivity index (χ3n) is 3.46. The highest BCUT2D eigenvalue weighted by atomic mass is 35.5. The molecule has 0 aliphatic rings. The van der Waals surface area contributed by atoms with Crippen molar-refractivity contribution in [3.05, 3.63) is 53.1 Å². The number of rotatable bonds is 7. The minimum atomic E-state index is -0.253. The van der Waals surface area contributed by atoms with E-state index in [9.17, 15) is 4.79 Å². The number of hydrogen-bond acceptors (Lipinski definition) is 4. The maximum absolute atomic E-state index is 12.1. The lowest BCUT2D eigenvalue weighted by Crippen LogP contribution is -2.31. The highest BCUT2D eigenvalue weighted by Gasteiger charge is 2.15. The number of amides is 1. The van der Waals surface area contributed by atoms with Crippen molar-refractivity contribution < 1.29 is 19.0 Å². The average Bonchev–Trinajstić information content (AvgIpc) is 2.60. The Morgan fingerprint density at radius 2 is 1.75 bits per heavy atom. The Hall–Kier alpha value is -2.40.